The first-order valence-corrected chi connectivity index (χ1v) is 9.67. The van der Waals surface area contributed by atoms with Gasteiger partial charge in [0.25, 0.3) is 0 Å². The largest absolute Gasteiger partial charge is 0.340 e. The van der Waals surface area contributed by atoms with Gasteiger partial charge in [-0.1, -0.05) is 18.5 Å². The molecule has 0 saturated heterocycles. The number of carbonyl (C=O) groups is 2. The van der Waals surface area contributed by atoms with Gasteiger partial charge in [-0.05, 0) is 50.3 Å². The summed E-state index contributed by atoms with van der Waals surface area (Å²) in [5.74, 6) is 1.27. The number of anilines is 1. The number of hydrogen-bond donors (Lipinski definition) is 1. The van der Waals surface area contributed by atoms with Crippen LogP contribution < -0.4 is 5.32 Å². The molecule has 3 unspecified atom stereocenters. The number of fused-ring (bicyclic) bond motifs is 1. The van der Waals surface area contributed by atoms with Gasteiger partial charge in [0.05, 0.1) is 10.9 Å². The van der Waals surface area contributed by atoms with Crippen LogP contribution in [0.25, 0.3) is 0 Å². The fourth-order valence-corrected chi connectivity index (χ4v) is 4.29. The van der Waals surface area contributed by atoms with Crippen molar-refractivity contribution in [1.29, 1.82) is 0 Å². The Bertz CT molecular complexity index is 664. The number of amides is 2. The molecule has 0 spiro atoms. The van der Waals surface area contributed by atoms with Gasteiger partial charge in [-0.25, -0.2) is 0 Å². The highest BCUT2D eigenvalue weighted by molar-refractivity contribution is 8.01. The molecular weight excluding hydrogens is 344 g/mol. The van der Waals surface area contributed by atoms with E-state index in [9.17, 15) is 9.59 Å². The van der Waals surface area contributed by atoms with Crippen LogP contribution in [0.4, 0.5) is 5.69 Å². The predicted octanol–water partition coefficient (Wildman–Crippen LogP) is 4.04. The van der Waals surface area contributed by atoms with Gasteiger partial charge in [0.2, 0.25) is 11.8 Å². The smallest absolute Gasteiger partial charge is 0.238 e. The zero-order valence-electron chi connectivity index (χ0n) is 14.2. The number of rotatable bonds is 5. The normalized spacial score (nSPS) is 25.2. The Kier molecular flexibility index (Phi) is 5.11. The average molecular weight is 367 g/mol. The molecule has 3 atom stereocenters. The van der Waals surface area contributed by atoms with Crippen LogP contribution in [-0.4, -0.2) is 34.6 Å². The lowest BCUT2D eigenvalue weighted by molar-refractivity contribution is -0.134. The zero-order chi connectivity index (χ0) is 17.4. The molecular formula is C18H23ClN2O2S. The minimum absolute atomic E-state index is 0.0640. The second-order valence-corrected chi connectivity index (χ2v) is 8.73. The summed E-state index contributed by atoms with van der Waals surface area (Å²) in [4.78, 5) is 28.0. The summed E-state index contributed by atoms with van der Waals surface area (Å²) < 4.78 is 0. The summed E-state index contributed by atoms with van der Waals surface area (Å²) in [7, 11) is 0. The summed E-state index contributed by atoms with van der Waals surface area (Å²) in [5, 5.41) is 3.08. The summed E-state index contributed by atoms with van der Waals surface area (Å²) in [5.41, 5.74) is 0.730. The Morgan fingerprint density at radius 2 is 2.17 bits per heavy atom. The van der Waals surface area contributed by atoms with E-state index in [-0.39, 0.29) is 29.5 Å². The van der Waals surface area contributed by atoms with Crippen LogP contribution in [0.2, 0.25) is 5.02 Å². The molecule has 1 saturated carbocycles. The standard InChI is InChI=1S/C18H23ClN2O2S/c1-10(2)21(9-12-6-11(12)3)17(22)8-16-18(23)20-14-7-13(19)4-5-15(14)24-16/h4-5,7,10-12,16H,6,8-9H2,1-3H3,(H,20,23). The fraction of sp³-hybridized carbons (Fsp3) is 0.556. The molecule has 130 valence electrons. The number of halogens is 1. The minimum atomic E-state index is -0.385. The van der Waals surface area contributed by atoms with Gasteiger partial charge < -0.3 is 10.2 Å². The SMILES string of the molecule is CC1CC1CN(C(=O)CC1Sc2ccc(Cl)cc2NC1=O)C(C)C. The first-order valence-electron chi connectivity index (χ1n) is 8.41. The second kappa shape index (κ2) is 6.96. The van der Waals surface area contributed by atoms with Gasteiger partial charge in [0.1, 0.15) is 0 Å². The topological polar surface area (TPSA) is 49.4 Å². The molecule has 4 nitrogen and oxygen atoms in total. The van der Waals surface area contributed by atoms with E-state index in [0.29, 0.717) is 16.9 Å². The Balaban J connectivity index is 1.67. The molecule has 1 aromatic rings. The van der Waals surface area contributed by atoms with Crippen molar-refractivity contribution in [1.82, 2.24) is 4.90 Å². The van der Waals surface area contributed by atoms with Crippen molar-refractivity contribution in [3.05, 3.63) is 23.2 Å². The average Bonchev–Trinajstić information content (AvgIpc) is 3.20. The highest BCUT2D eigenvalue weighted by Gasteiger charge is 2.37. The Morgan fingerprint density at radius 3 is 2.79 bits per heavy atom. The van der Waals surface area contributed by atoms with Crippen LogP contribution in [0.5, 0.6) is 0 Å². The highest BCUT2D eigenvalue weighted by Crippen LogP contribution is 2.40. The molecule has 0 bridgehead atoms. The lowest BCUT2D eigenvalue weighted by atomic mass is 10.2. The molecule has 0 radical (unpaired) electrons. The van der Waals surface area contributed by atoms with Crippen molar-refractivity contribution in [3.63, 3.8) is 0 Å². The van der Waals surface area contributed by atoms with E-state index in [1.54, 1.807) is 12.1 Å². The molecule has 1 N–H and O–H groups in total. The summed E-state index contributed by atoms with van der Waals surface area (Å²) >= 11 is 7.41. The summed E-state index contributed by atoms with van der Waals surface area (Å²) in [6.45, 7) is 7.11. The Hall–Kier alpha value is -1.20. The third-order valence-electron chi connectivity index (χ3n) is 4.77. The summed E-state index contributed by atoms with van der Waals surface area (Å²) in [6.07, 6.45) is 1.43. The van der Waals surface area contributed by atoms with Crippen LogP contribution in [0, 0.1) is 11.8 Å². The van der Waals surface area contributed by atoms with E-state index >= 15 is 0 Å². The predicted molar refractivity (Wildman–Crippen MR) is 98.5 cm³/mol. The van der Waals surface area contributed by atoms with Crippen LogP contribution in [0.1, 0.15) is 33.6 Å². The number of benzene rings is 1. The van der Waals surface area contributed by atoms with E-state index in [4.69, 9.17) is 11.6 Å². The number of carbonyl (C=O) groups excluding carboxylic acids is 2. The molecule has 1 aromatic carbocycles. The molecule has 2 amide bonds. The van der Waals surface area contributed by atoms with E-state index in [1.807, 2.05) is 24.8 Å². The molecule has 24 heavy (non-hydrogen) atoms. The number of hydrogen-bond acceptors (Lipinski definition) is 3. The second-order valence-electron chi connectivity index (χ2n) is 7.05. The third kappa shape index (κ3) is 3.89. The van der Waals surface area contributed by atoms with Gasteiger partial charge in [-0.2, -0.15) is 0 Å². The van der Waals surface area contributed by atoms with Crippen LogP contribution in [-0.2, 0) is 9.59 Å². The fourth-order valence-electron chi connectivity index (χ4n) is 3.04. The molecule has 1 aliphatic carbocycles. The van der Waals surface area contributed by atoms with E-state index in [2.05, 4.69) is 12.2 Å². The van der Waals surface area contributed by atoms with Crippen LogP contribution in [0.3, 0.4) is 0 Å². The minimum Gasteiger partial charge on any atom is -0.340 e. The van der Waals surface area contributed by atoms with Crippen molar-refractivity contribution in [3.8, 4) is 0 Å². The maximum absolute atomic E-state index is 12.7. The first kappa shape index (κ1) is 17.6. The number of nitrogens with one attached hydrogen (secondary N) is 1. The molecule has 0 aromatic heterocycles. The molecule has 6 heteroatoms. The maximum Gasteiger partial charge on any atom is 0.238 e. The maximum atomic E-state index is 12.7. The Morgan fingerprint density at radius 1 is 1.46 bits per heavy atom. The van der Waals surface area contributed by atoms with Crippen molar-refractivity contribution in [2.45, 2.75) is 49.8 Å². The molecule has 2 aliphatic rings. The highest BCUT2D eigenvalue weighted by atomic mass is 35.5. The van der Waals surface area contributed by atoms with E-state index in [1.165, 1.54) is 18.2 Å². The van der Waals surface area contributed by atoms with Crippen molar-refractivity contribution in [2.75, 3.05) is 11.9 Å². The monoisotopic (exact) mass is 366 g/mol. The first-order chi connectivity index (χ1) is 11.3. The summed E-state index contributed by atoms with van der Waals surface area (Å²) in [6, 6.07) is 5.60. The zero-order valence-corrected chi connectivity index (χ0v) is 15.8. The van der Waals surface area contributed by atoms with Crippen LogP contribution >= 0.6 is 23.4 Å². The number of thioether (sulfide) groups is 1. The van der Waals surface area contributed by atoms with Crippen molar-refractivity contribution in [2.24, 2.45) is 11.8 Å². The van der Waals surface area contributed by atoms with E-state index < -0.39 is 0 Å². The van der Waals surface area contributed by atoms with Gasteiger partial charge in [-0.15, -0.1) is 11.8 Å². The van der Waals surface area contributed by atoms with Gasteiger partial charge >= 0.3 is 0 Å². The molecule has 1 fully saturated rings. The lowest BCUT2D eigenvalue weighted by Crippen LogP contribution is -2.42. The third-order valence-corrected chi connectivity index (χ3v) is 6.28. The van der Waals surface area contributed by atoms with Gasteiger partial charge in [-0.3, -0.25) is 9.59 Å². The molecule has 1 heterocycles. The lowest BCUT2D eigenvalue weighted by Gasteiger charge is -2.30. The molecule has 1 aliphatic heterocycles. The van der Waals surface area contributed by atoms with Gasteiger partial charge in [0, 0.05) is 28.9 Å². The Labute approximate surface area is 152 Å². The van der Waals surface area contributed by atoms with Crippen molar-refractivity contribution < 1.29 is 9.59 Å². The van der Waals surface area contributed by atoms with Gasteiger partial charge in [0.15, 0.2) is 0 Å². The van der Waals surface area contributed by atoms with Crippen LogP contribution in [0.15, 0.2) is 23.1 Å². The van der Waals surface area contributed by atoms with Crippen molar-refractivity contribution >= 4 is 40.9 Å². The number of nitrogens with zero attached hydrogens (tertiary/aromatic N) is 1. The molecule has 3 rings (SSSR count). The van der Waals surface area contributed by atoms with E-state index in [0.717, 1.165) is 17.1 Å². The quantitative estimate of drug-likeness (QED) is 0.855.